The number of halogens is 1. The van der Waals surface area contributed by atoms with E-state index in [9.17, 15) is 9.18 Å². The number of benzene rings is 1. The fraction of sp³-hybridized carbons (Fsp3) is 0.417. The number of rotatable bonds is 3. The molecule has 1 saturated carbocycles. The molecule has 0 aliphatic heterocycles. The summed E-state index contributed by atoms with van der Waals surface area (Å²) in [7, 11) is 0. The minimum Gasteiger partial charge on any atom is -0.310 e. The monoisotopic (exact) mass is 419 g/mol. The Kier molecular flexibility index (Phi) is 4.84. The molecule has 1 aliphatic rings. The molecule has 1 aromatic carbocycles. The lowest BCUT2D eigenvalue weighted by atomic mass is 9.78. The molecule has 1 aliphatic carbocycles. The van der Waals surface area contributed by atoms with Crippen LogP contribution in [-0.2, 0) is 6.42 Å². The van der Waals surface area contributed by atoms with Crippen molar-refractivity contribution in [2.75, 3.05) is 0 Å². The summed E-state index contributed by atoms with van der Waals surface area (Å²) >= 11 is 0. The molecule has 5 rings (SSSR count). The lowest BCUT2D eigenvalue weighted by Gasteiger charge is -2.35. The van der Waals surface area contributed by atoms with Crippen molar-refractivity contribution in [2.45, 2.75) is 52.5 Å². The minimum absolute atomic E-state index is 0.116. The third-order valence-corrected chi connectivity index (χ3v) is 6.97. The van der Waals surface area contributed by atoms with Crippen LogP contribution in [0.25, 0.3) is 27.8 Å². The van der Waals surface area contributed by atoms with Gasteiger partial charge in [0.15, 0.2) is 11.2 Å². The summed E-state index contributed by atoms with van der Waals surface area (Å²) in [5.74, 6) is 0.732. The van der Waals surface area contributed by atoms with Crippen molar-refractivity contribution in [3.63, 3.8) is 0 Å². The Morgan fingerprint density at radius 2 is 1.87 bits per heavy atom. The van der Waals surface area contributed by atoms with Crippen LogP contribution in [0.2, 0.25) is 0 Å². The maximum absolute atomic E-state index is 13.4. The molecule has 7 heteroatoms. The normalized spacial score (nSPS) is 21.7. The van der Waals surface area contributed by atoms with E-state index in [4.69, 9.17) is 5.10 Å². The van der Waals surface area contributed by atoms with Gasteiger partial charge in [0.05, 0.1) is 11.3 Å². The van der Waals surface area contributed by atoms with E-state index in [1.165, 1.54) is 18.6 Å². The van der Waals surface area contributed by atoms with Gasteiger partial charge in [-0.15, -0.1) is 10.2 Å². The molecule has 3 aromatic heterocycles. The summed E-state index contributed by atoms with van der Waals surface area (Å²) < 4.78 is 17.0. The van der Waals surface area contributed by atoms with Gasteiger partial charge in [0.1, 0.15) is 11.3 Å². The van der Waals surface area contributed by atoms with E-state index in [2.05, 4.69) is 24.0 Å². The van der Waals surface area contributed by atoms with Crippen LogP contribution in [-0.4, -0.2) is 24.4 Å². The van der Waals surface area contributed by atoms with Crippen molar-refractivity contribution in [3.05, 3.63) is 58.4 Å². The number of pyridine rings is 1. The molecule has 0 N–H and O–H groups in total. The number of hydrogen-bond donors (Lipinski definition) is 0. The van der Waals surface area contributed by atoms with Gasteiger partial charge in [0, 0.05) is 12.2 Å². The highest BCUT2D eigenvalue weighted by Crippen LogP contribution is 2.37. The molecular formula is C24H26FN5O. The van der Waals surface area contributed by atoms with Gasteiger partial charge in [-0.1, -0.05) is 45.7 Å². The van der Waals surface area contributed by atoms with Crippen LogP contribution in [0.1, 0.15) is 51.8 Å². The van der Waals surface area contributed by atoms with E-state index in [0.717, 1.165) is 29.7 Å². The molecule has 0 bridgehead atoms. The summed E-state index contributed by atoms with van der Waals surface area (Å²) in [5, 5.41) is 13.5. The second-order valence-electron chi connectivity index (χ2n) is 8.71. The van der Waals surface area contributed by atoms with Gasteiger partial charge >= 0.3 is 0 Å². The lowest BCUT2D eigenvalue weighted by Crippen LogP contribution is -2.34. The Bertz CT molecular complexity index is 1320. The number of nitrogens with zero attached hydrogens (tertiary/aromatic N) is 5. The van der Waals surface area contributed by atoms with Crippen LogP contribution in [0.15, 0.2) is 41.3 Å². The van der Waals surface area contributed by atoms with E-state index in [1.807, 2.05) is 23.8 Å². The van der Waals surface area contributed by atoms with Crippen molar-refractivity contribution in [3.8, 4) is 11.1 Å². The van der Waals surface area contributed by atoms with Gasteiger partial charge in [-0.2, -0.15) is 5.10 Å². The summed E-state index contributed by atoms with van der Waals surface area (Å²) in [6.07, 6.45) is 5.91. The largest absolute Gasteiger partial charge is 0.310 e. The van der Waals surface area contributed by atoms with E-state index >= 15 is 0 Å². The fourth-order valence-electron chi connectivity index (χ4n) is 4.97. The van der Waals surface area contributed by atoms with Gasteiger partial charge in [-0.3, -0.25) is 4.79 Å². The first-order valence-electron chi connectivity index (χ1n) is 11.0. The molecule has 3 heterocycles. The van der Waals surface area contributed by atoms with Gasteiger partial charge < -0.3 is 4.57 Å². The Morgan fingerprint density at radius 1 is 1.10 bits per heavy atom. The predicted octanol–water partition coefficient (Wildman–Crippen LogP) is 4.80. The first-order valence-corrected chi connectivity index (χ1v) is 11.0. The maximum atomic E-state index is 13.4. The second-order valence-corrected chi connectivity index (χ2v) is 8.71. The quantitative estimate of drug-likeness (QED) is 0.478. The van der Waals surface area contributed by atoms with Crippen molar-refractivity contribution in [2.24, 2.45) is 11.8 Å². The highest BCUT2D eigenvalue weighted by molar-refractivity contribution is 5.84. The molecule has 0 unspecified atom stereocenters. The van der Waals surface area contributed by atoms with Crippen LogP contribution in [0.3, 0.4) is 0 Å². The molecule has 31 heavy (non-hydrogen) atoms. The zero-order valence-corrected chi connectivity index (χ0v) is 18.0. The molecule has 1 fully saturated rings. The molecule has 0 spiro atoms. The van der Waals surface area contributed by atoms with E-state index in [1.54, 1.807) is 16.6 Å². The Labute approximate surface area is 179 Å². The summed E-state index contributed by atoms with van der Waals surface area (Å²) in [5.41, 5.74) is 3.94. The maximum Gasteiger partial charge on any atom is 0.280 e. The first kappa shape index (κ1) is 19.8. The average Bonchev–Trinajstić information content (AvgIpc) is 3.16. The Morgan fingerprint density at radius 3 is 2.61 bits per heavy atom. The first-order chi connectivity index (χ1) is 15.0. The van der Waals surface area contributed by atoms with Gasteiger partial charge in [0.2, 0.25) is 0 Å². The van der Waals surface area contributed by atoms with Crippen molar-refractivity contribution >= 4 is 16.7 Å². The third-order valence-electron chi connectivity index (χ3n) is 6.97. The van der Waals surface area contributed by atoms with Gasteiger partial charge in [-0.25, -0.2) is 8.91 Å². The summed E-state index contributed by atoms with van der Waals surface area (Å²) in [4.78, 5) is 13.4. The molecule has 4 aromatic rings. The molecular weight excluding hydrogens is 393 g/mol. The third kappa shape index (κ3) is 3.14. The highest BCUT2D eigenvalue weighted by atomic mass is 19.1. The topological polar surface area (TPSA) is 65.1 Å². The zero-order chi connectivity index (χ0) is 21.7. The Hall–Kier alpha value is -3.09. The highest BCUT2D eigenvalue weighted by Gasteiger charge is 2.29. The molecule has 0 amide bonds. The Balaban J connectivity index is 1.70. The zero-order valence-electron chi connectivity index (χ0n) is 18.0. The number of hydrogen-bond acceptors (Lipinski definition) is 4. The second kappa shape index (κ2) is 7.55. The molecule has 6 nitrogen and oxygen atoms in total. The van der Waals surface area contributed by atoms with E-state index in [0.29, 0.717) is 34.9 Å². The number of aryl methyl sites for hydroxylation is 1. The standard InChI is InChI=1S/C24H26FN5O/c1-4-18-21(16-8-10-17(25)11-9-16)23-27-26-22-20(30(23)28-18)12-13-29(24(22)31)19-7-5-6-14(2)15(19)3/h8-15,19H,4-7H2,1-3H3/t14-,15-,19-/m1/s1. The van der Waals surface area contributed by atoms with Crippen molar-refractivity contribution < 1.29 is 4.39 Å². The molecule has 0 saturated heterocycles. The average molecular weight is 420 g/mol. The van der Waals surface area contributed by atoms with E-state index in [-0.39, 0.29) is 17.4 Å². The number of fused-ring (bicyclic) bond motifs is 3. The van der Waals surface area contributed by atoms with Gasteiger partial charge in [0.25, 0.3) is 5.56 Å². The predicted molar refractivity (Wildman–Crippen MR) is 119 cm³/mol. The van der Waals surface area contributed by atoms with Crippen LogP contribution in [0.4, 0.5) is 4.39 Å². The smallest absolute Gasteiger partial charge is 0.280 e. The van der Waals surface area contributed by atoms with Crippen LogP contribution < -0.4 is 5.56 Å². The summed E-state index contributed by atoms with van der Waals surface area (Å²) in [6, 6.07) is 8.40. The molecule has 3 atom stereocenters. The van der Waals surface area contributed by atoms with Crippen LogP contribution in [0.5, 0.6) is 0 Å². The summed E-state index contributed by atoms with van der Waals surface area (Å²) in [6.45, 7) is 6.51. The van der Waals surface area contributed by atoms with Crippen molar-refractivity contribution in [1.82, 2.24) is 24.4 Å². The number of aromatic nitrogens is 5. The molecule has 0 radical (unpaired) electrons. The SMILES string of the molecule is CCc1nn2c(nnc3c(=O)n([C@@H]4CCC[C@@H](C)[C@H]4C)ccc32)c1-c1ccc(F)cc1. The van der Waals surface area contributed by atoms with Crippen molar-refractivity contribution in [1.29, 1.82) is 0 Å². The van der Waals surface area contributed by atoms with Crippen LogP contribution in [0, 0.1) is 17.7 Å². The minimum atomic E-state index is -0.290. The molecule has 160 valence electrons. The van der Waals surface area contributed by atoms with Crippen LogP contribution >= 0.6 is 0 Å². The lowest BCUT2D eigenvalue weighted by molar-refractivity contribution is 0.183. The van der Waals surface area contributed by atoms with E-state index < -0.39 is 0 Å². The van der Waals surface area contributed by atoms with Gasteiger partial charge in [-0.05, 0) is 48.4 Å². The fourth-order valence-corrected chi connectivity index (χ4v) is 4.97.